The van der Waals surface area contributed by atoms with Gasteiger partial charge in [-0.2, -0.15) is 0 Å². The van der Waals surface area contributed by atoms with Crippen LogP contribution in [-0.4, -0.2) is 13.1 Å². The lowest BCUT2D eigenvalue weighted by molar-refractivity contribution is 0.587. The number of hydrogen-bond acceptors (Lipinski definition) is 2. The fourth-order valence-electron chi connectivity index (χ4n) is 2.96. The lowest BCUT2D eigenvalue weighted by Gasteiger charge is -2.22. The quantitative estimate of drug-likeness (QED) is 0.880. The summed E-state index contributed by atoms with van der Waals surface area (Å²) in [5.74, 6) is -0.136. The van der Waals surface area contributed by atoms with Gasteiger partial charge in [-0.25, -0.2) is 4.39 Å². The minimum absolute atomic E-state index is 0.136. The lowest BCUT2D eigenvalue weighted by atomic mass is 10.1. The van der Waals surface area contributed by atoms with Crippen LogP contribution in [0.2, 0.25) is 5.02 Å². The monoisotopic (exact) mass is 318 g/mol. The van der Waals surface area contributed by atoms with E-state index in [0.717, 1.165) is 34.9 Å². The maximum Gasteiger partial charge on any atom is 0.129 e. The van der Waals surface area contributed by atoms with E-state index in [4.69, 9.17) is 11.6 Å². The highest BCUT2D eigenvalue weighted by Crippen LogP contribution is 2.26. The maximum atomic E-state index is 14.2. The summed E-state index contributed by atoms with van der Waals surface area (Å²) >= 11 is 5.98. The summed E-state index contributed by atoms with van der Waals surface area (Å²) in [5.41, 5.74) is 2.88. The minimum atomic E-state index is -0.136. The van der Waals surface area contributed by atoms with Crippen molar-refractivity contribution in [1.29, 1.82) is 0 Å². The van der Waals surface area contributed by atoms with Gasteiger partial charge in [0.2, 0.25) is 0 Å². The molecule has 0 amide bonds. The Labute approximate surface area is 135 Å². The third-order valence-corrected chi connectivity index (χ3v) is 4.30. The molecule has 1 fully saturated rings. The number of nitrogens with one attached hydrogen (secondary N) is 1. The van der Waals surface area contributed by atoms with Crippen molar-refractivity contribution >= 4 is 17.3 Å². The van der Waals surface area contributed by atoms with Gasteiger partial charge in [-0.1, -0.05) is 29.8 Å². The molecule has 2 aromatic rings. The fourth-order valence-corrected chi connectivity index (χ4v) is 3.17. The fraction of sp³-hybridized carbons (Fsp3) is 0.333. The smallest absolute Gasteiger partial charge is 0.129 e. The highest BCUT2D eigenvalue weighted by molar-refractivity contribution is 6.30. The van der Waals surface area contributed by atoms with Gasteiger partial charge >= 0.3 is 0 Å². The van der Waals surface area contributed by atoms with Crippen molar-refractivity contribution in [2.24, 2.45) is 0 Å². The molecule has 3 rings (SSSR count). The molecule has 116 valence electrons. The second-order valence-electron chi connectivity index (χ2n) is 5.67. The molecule has 4 heteroatoms. The van der Waals surface area contributed by atoms with Gasteiger partial charge in [0.05, 0.1) is 0 Å². The summed E-state index contributed by atoms with van der Waals surface area (Å²) in [7, 11) is 0. The molecule has 0 unspecified atom stereocenters. The highest BCUT2D eigenvalue weighted by Gasteiger charge is 2.17. The van der Waals surface area contributed by atoms with Crippen LogP contribution in [0.3, 0.4) is 0 Å². The molecule has 2 aromatic carbocycles. The van der Waals surface area contributed by atoms with Crippen LogP contribution in [0.5, 0.6) is 0 Å². The number of benzene rings is 2. The van der Waals surface area contributed by atoms with E-state index in [-0.39, 0.29) is 5.82 Å². The molecule has 0 aromatic heterocycles. The second-order valence-corrected chi connectivity index (χ2v) is 6.10. The van der Waals surface area contributed by atoms with Crippen LogP contribution in [0.25, 0.3) is 0 Å². The largest absolute Gasteiger partial charge is 0.371 e. The van der Waals surface area contributed by atoms with Gasteiger partial charge in [-0.15, -0.1) is 0 Å². The average molecular weight is 319 g/mol. The maximum absolute atomic E-state index is 14.2. The van der Waals surface area contributed by atoms with Gasteiger partial charge in [0.15, 0.2) is 0 Å². The van der Waals surface area contributed by atoms with Gasteiger partial charge in [-0.3, -0.25) is 0 Å². The normalized spacial score (nSPS) is 14.5. The van der Waals surface area contributed by atoms with E-state index >= 15 is 0 Å². The predicted octanol–water partition coefficient (Wildman–Crippen LogP) is 4.37. The Morgan fingerprint density at radius 3 is 2.59 bits per heavy atom. The standard InChI is InChI=1S/C18H20ClFN2/c19-15-6-3-5-14(11-15)12-21-13-16-17(20)7-4-8-18(16)22-9-1-2-10-22/h3-8,11,21H,1-2,9-10,12-13H2. The Bertz CT molecular complexity index is 639. The van der Waals surface area contributed by atoms with Gasteiger partial charge in [0, 0.05) is 42.5 Å². The van der Waals surface area contributed by atoms with Gasteiger partial charge in [0.25, 0.3) is 0 Å². The second kappa shape index (κ2) is 7.12. The summed E-state index contributed by atoms with van der Waals surface area (Å²) < 4.78 is 14.2. The average Bonchev–Trinajstić information content (AvgIpc) is 3.03. The number of nitrogens with zero attached hydrogens (tertiary/aromatic N) is 1. The SMILES string of the molecule is Fc1cccc(N2CCCC2)c1CNCc1cccc(Cl)c1. The number of anilines is 1. The van der Waals surface area contributed by atoms with Crippen LogP contribution in [0.15, 0.2) is 42.5 Å². The predicted molar refractivity (Wildman–Crippen MR) is 89.8 cm³/mol. The summed E-state index contributed by atoms with van der Waals surface area (Å²) in [5, 5.41) is 4.05. The van der Waals surface area contributed by atoms with Crippen LogP contribution in [-0.2, 0) is 13.1 Å². The molecule has 1 aliphatic heterocycles. The summed E-state index contributed by atoms with van der Waals surface area (Å²) in [6, 6.07) is 13.1. The first-order chi connectivity index (χ1) is 10.7. The number of halogens is 2. The molecule has 0 saturated carbocycles. The third kappa shape index (κ3) is 3.60. The molecule has 0 bridgehead atoms. The van der Waals surface area contributed by atoms with E-state index in [1.54, 1.807) is 6.07 Å². The van der Waals surface area contributed by atoms with Crippen LogP contribution in [0, 0.1) is 5.82 Å². The minimum Gasteiger partial charge on any atom is -0.371 e. The van der Waals surface area contributed by atoms with Crippen molar-refractivity contribution < 1.29 is 4.39 Å². The Hall–Kier alpha value is -1.58. The zero-order valence-electron chi connectivity index (χ0n) is 12.5. The molecular weight excluding hydrogens is 299 g/mol. The summed E-state index contributed by atoms with van der Waals surface area (Å²) in [6.45, 7) is 3.23. The topological polar surface area (TPSA) is 15.3 Å². The number of rotatable bonds is 5. The van der Waals surface area contributed by atoms with E-state index in [1.807, 2.05) is 30.3 Å². The molecular formula is C18H20ClFN2. The molecule has 1 saturated heterocycles. The molecule has 0 aliphatic carbocycles. The molecule has 22 heavy (non-hydrogen) atoms. The van der Waals surface area contributed by atoms with Crippen molar-refractivity contribution in [2.75, 3.05) is 18.0 Å². The molecule has 0 radical (unpaired) electrons. The van der Waals surface area contributed by atoms with Crippen LogP contribution in [0.1, 0.15) is 24.0 Å². The molecule has 1 aliphatic rings. The van der Waals surface area contributed by atoms with E-state index < -0.39 is 0 Å². The van der Waals surface area contributed by atoms with E-state index in [2.05, 4.69) is 10.2 Å². The van der Waals surface area contributed by atoms with Crippen molar-refractivity contribution in [3.8, 4) is 0 Å². The van der Waals surface area contributed by atoms with Crippen LogP contribution in [0.4, 0.5) is 10.1 Å². The van der Waals surface area contributed by atoms with Gasteiger partial charge in [0.1, 0.15) is 5.82 Å². The molecule has 2 nitrogen and oxygen atoms in total. The molecule has 0 atom stereocenters. The zero-order valence-corrected chi connectivity index (χ0v) is 13.2. The molecule has 0 spiro atoms. The number of hydrogen-bond donors (Lipinski definition) is 1. The summed E-state index contributed by atoms with van der Waals surface area (Å²) in [4.78, 5) is 2.28. The summed E-state index contributed by atoms with van der Waals surface area (Å²) in [6.07, 6.45) is 2.37. The van der Waals surface area contributed by atoms with Gasteiger partial charge < -0.3 is 10.2 Å². The Kier molecular flexibility index (Phi) is 4.96. The van der Waals surface area contributed by atoms with Crippen LogP contribution >= 0.6 is 11.6 Å². The third-order valence-electron chi connectivity index (χ3n) is 4.06. The van der Waals surface area contributed by atoms with Crippen molar-refractivity contribution in [1.82, 2.24) is 5.32 Å². The first kappa shape index (κ1) is 15.3. The zero-order chi connectivity index (χ0) is 15.4. The Morgan fingerprint density at radius 2 is 1.82 bits per heavy atom. The van der Waals surface area contributed by atoms with E-state index in [1.165, 1.54) is 18.9 Å². The first-order valence-electron chi connectivity index (χ1n) is 7.71. The Balaban J connectivity index is 1.69. The van der Waals surface area contributed by atoms with Crippen molar-refractivity contribution in [3.05, 3.63) is 64.4 Å². The Morgan fingerprint density at radius 1 is 1.05 bits per heavy atom. The van der Waals surface area contributed by atoms with Crippen molar-refractivity contribution in [3.63, 3.8) is 0 Å². The van der Waals surface area contributed by atoms with E-state index in [0.29, 0.717) is 13.1 Å². The van der Waals surface area contributed by atoms with E-state index in [9.17, 15) is 4.39 Å². The highest BCUT2D eigenvalue weighted by atomic mass is 35.5. The van der Waals surface area contributed by atoms with Crippen LogP contribution < -0.4 is 10.2 Å². The molecule has 1 N–H and O–H groups in total. The van der Waals surface area contributed by atoms with Crippen molar-refractivity contribution in [2.45, 2.75) is 25.9 Å². The van der Waals surface area contributed by atoms with Gasteiger partial charge in [-0.05, 0) is 42.7 Å². The first-order valence-corrected chi connectivity index (χ1v) is 8.09. The molecule has 1 heterocycles. The lowest BCUT2D eigenvalue weighted by Crippen LogP contribution is -2.22.